The van der Waals surface area contributed by atoms with Crippen molar-refractivity contribution in [2.75, 3.05) is 6.61 Å². The van der Waals surface area contributed by atoms with Crippen molar-refractivity contribution in [3.63, 3.8) is 0 Å². The van der Waals surface area contributed by atoms with Gasteiger partial charge in [-0.3, -0.25) is 0 Å². The molecule has 2 nitrogen and oxygen atoms in total. The molecule has 0 aliphatic carbocycles. The summed E-state index contributed by atoms with van der Waals surface area (Å²) in [5.74, 6) is 0. The first-order valence-electron chi connectivity index (χ1n) is 6.17. The highest BCUT2D eigenvalue weighted by Gasteiger charge is 2.35. The van der Waals surface area contributed by atoms with Crippen molar-refractivity contribution in [1.82, 2.24) is 0 Å². The molecule has 1 fully saturated rings. The van der Waals surface area contributed by atoms with Gasteiger partial charge in [-0.05, 0) is 43.9 Å². The van der Waals surface area contributed by atoms with Gasteiger partial charge in [-0.1, -0.05) is 23.7 Å². The Hall–Kier alpha value is -0.570. The molecule has 1 aliphatic heterocycles. The van der Waals surface area contributed by atoms with Gasteiger partial charge in [0, 0.05) is 18.1 Å². The van der Waals surface area contributed by atoms with Gasteiger partial charge in [0.15, 0.2) is 0 Å². The summed E-state index contributed by atoms with van der Waals surface area (Å²) in [5.41, 5.74) is 0.654. The second-order valence-corrected chi connectivity index (χ2v) is 5.40. The van der Waals surface area contributed by atoms with Crippen LogP contribution in [-0.4, -0.2) is 23.4 Å². The van der Waals surface area contributed by atoms with E-state index < -0.39 is 11.7 Å². The predicted octanol–water partition coefficient (Wildman–Crippen LogP) is 3.20. The van der Waals surface area contributed by atoms with Gasteiger partial charge in [-0.25, -0.2) is 0 Å². The molecule has 3 heteroatoms. The zero-order valence-electron chi connectivity index (χ0n) is 10.2. The fourth-order valence-electron chi connectivity index (χ4n) is 2.32. The lowest BCUT2D eigenvalue weighted by molar-refractivity contribution is -0.135. The van der Waals surface area contributed by atoms with Crippen LogP contribution in [0.2, 0.25) is 5.02 Å². The van der Waals surface area contributed by atoms with Gasteiger partial charge >= 0.3 is 0 Å². The molecule has 2 rings (SSSR count). The van der Waals surface area contributed by atoms with E-state index >= 15 is 0 Å². The van der Waals surface area contributed by atoms with Crippen LogP contribution in [0.4, 0.5) is 0 Å². The fraction of sp³-hybridized carbons (Fsp3) is 0.571. The molecule has 0 radical (unpaired) electrons. The first kappa shape index (κ1) is 12.9. The Bertz CT molecular complexity index is 372. The fourth-order valence-corrected chi connectivity index (χ4v) is 2.53. The summed E-state index contributed by atoms with van der Waals surface area (Å²) in [6.45, 7) is 2.75. The Balaban J connectivity index is 2.02. The standard InChI is InChI=1S/C14H19ClO2/c1-14(7-2-3-8-17-14)13(16)10-11-5-4-6-12(15)9-11/h4-6,9,13,16H,2-3,7-8,10H2,1H3. The first-order chi connectivity index (χ1) is 8.10. The van der Waals surface area contributed by atoms with Crippen molar-refractivity contribution in [2.24, 2.45) is 0 Å². The number of aliphatic hydroxyl groups excluding tert-OH is 1. The third-order valence-corrected chi connectivity index (χ3v) is 3.76. The molecule has 1 saturated heterocycles. The normalized spacial score (nSPS) is 26.8. The van der Waals surface area contributed by atoms with E-state index in [4.69, 9.17) is 16.3 Å². The van der Waals surface area contributed by atoms with E-state index in [0.717, 1.165) is 31.4 Å². The third-order valence-electron chi connectivity index (χ3n) is 3.52. The van der Waals surface area contributed by atoms with E-state index in [-0.39, 0.29) is 0 Å². The van der Waals surface area contributed by atoms with Crippen LogP contribution in [0.15, 0.2) is 24.3 Å². The lowest BCUT2D eigenvalue weighted by atomic mass is 9.87. The van der Waals surface area contributed by atoms with Gasteiger partial charge in [-0.2, -0.15) is 0 Å². The van der Waals surface area contributed by atoms with Gasteiger partial charge in [-0.15, -0.1) is 0 Å². The maximum atomic E-state index is 10.3. The Labute approximate surface area is 108 Å². The highest BCUT2D eigenvalue weighted by atomic mass is 35.5. The summed E-state index contributed by atoms with van der Waals surface area (Å²) in [5, 5.41) is 11.0. The van der Waals surface area contributed by atoms with E-state index in [1.54, 1.807) is 0 Å². The summed E-state index contributed by atoms with van der Waals surface area (Å²) in [6.07, 6.45) is 3.27. The van der Waals surface area contributed by atoms with Crippen LogP contribution in [0.5, 0.6) is 0 Å². The lowest BCUT2D eigenvalue weighted by Crippen LogP contribution is -2.45. The molecule has 1 N–H and O–H groups in total. The minimum atomic E-state index is -0.471. The van der Waals surface area contributed by atoms with Crippen LogP contribution in [0, 0.1) is 0 Å². The SMILES string of the molecule is CC1(C(O)Cc2cccc(Cl)c2)CCCCO1. The Morgan fingerprint density at radius 1 is 1.47 bits per heavy atom. The molecular weight excluding hydrogens is 236 g/mol. The summed E-state index contributed by atoms with van der Waals surface area (Å²) < 4.78 is 5.75. The maximum Gasteiger partial charge on any atom is 0.0915 e. The summed E-state index contributed by atoms with van der Waals surface area (Å²) in [6, 6.07) is 7.64. The second kappa shape index (κ2) is 5.38. The Morgan fingerprint density at radius 2 is 2.29 bits per heavy atom. The molecule has 94 valence electrons. The maximum absolute atomic E-state index is 10.3. The number of hydrogen-bond acceptors (Lipinski definition) is 2. The van der Waals surface area contributed by atoms with Crippen molar-refractivity contribution < 1.29 is 9.84 Å². The molecule has 1 aromatic carbocycles. The molecule has 1 aliphatic rings. The van der Waals surface area contributed by atoms with Crippen LogP contribution in [-0.2, 0) is 11.2 Å². The van der Waals surface area contributed by atoms with E-state index in [9.17, 15) is 5.11 Å². The van der Waals surface area contributed by atoms with Crippen molar-refractivity contribution >= 4 is 11.6 Å². The average molecular weight is 255 g/mol. The molecular formula is C14H19ClO2. The van der Waals surface area contributed by atoms with Crippen LogP contribution in [0.1, 0.15) is 31.7 Å². The number of rotatable bonds is 3. The smallest absolute Gasteiger partial charge is 0.0915 e. The minimum Gasteiger partial charge on any atom is -0.390 e. The van der Waals surface area contributed by atoms with Crippen molar-refractivity contribution in [1.29, 1.82) is 0 Å². The Morgan fingerprint density at radius 3 is 2.94 bits per heavy atom. The topological polar surface area (TPSA) is 29.5 Å². The van der Waals surface area contributed by atoms with E-state index in [0.29, 0.717) is 11.4 Å². The molecule has 17 heavy (non-hydrogen) atoms. The van der Waals surface area contributed by atoms with Crippen molar-refractivity contribution in [3.05, 3.63) is 34.9 Å². The summed E-state index contributed by atoms with van der Waals surface area (Å²) in [4.78, 5) is 0. The molecule has 0 spiro atoms. The molecule has 0 saturated carbocycles. The number of hydrogen-bond donors (Lipinski definition) is 1. The van der Waals surface area contributed by atoms with Gasteiger partial charge < -0.3 is 9.84 Å². The van der Waals surface area contributed by atoms with Gasteiger partial charge in [0.25, 0.3) is 0 Å². The zero-order valence-corrected chi connectivity index (χ0v) is 10.9. The average Bonchev–Trinajstić information content (AvgIpc) is 2.30. The minimum absolute atomic E-state index is 0.402. The number of halogens is 1. The van der Waals surface area contributed by atoms with Crippen LogP contribution in [0.25, 0.3) is 0 Å². The zero-order chi connectivity index (χ0) is 12.3. The third kappa shape index (κ3) is 3.21. The molecule has 2 unspecified atom stereocenters. The molecule has 2 atom stereocenters. The van der Waals surface area contributed by atoms with E-state index in [1.165, 1.54) is 0 Å². The summed E-state index contributed by atoms with van der Waals surface area (Å²) in [7, 11) is 0. The highest BCUT2D eigenvalue weighted by Crippen LogP contribution is 2.29. The number of benzene rings is 1. The molecule has 0 amide bonds. The second-order valence-electron chi connectivity index (χ2n) is 4.97. The van der Waals surface area contributed by atoms with Crippen molar-refractivity contribution in [2.45, 2.75) is 44.3 Å². The number of ether oxygens (including phenoxy) is 1. The van der Waals surface area contributed by atoms with Crippen LogP contribution in [0.3, 0.4) is 0 Å². The lowest BCUT2D eigenvalue weighted by Gasteiger charge is -2.38. The predicted molar refractivity (Wildman–Crippen MR) is 69.4 cm³/mol. The molecule has 0 aromatic heterocycles. The molecule has 0 bridgehead atoms. The number of aliphatic hydroxyl groups is 1. The van der Waals surface area contributed by atoms with Crippen LogP contribution >= 0.6 is 11.6 Å². The van der Waals surface area contributed by atoms with Gasteiger partial charge in [0.1, 0.15) is 0 Å². The summed E-state index contributed by atoms with van der Waals surface area (Å²) >= 11 is 5.94. The molecule has 1 aromatic rings. The van der Waals surface area contributed by atoms with Crippen LogP contribution < -0.4 is 0 Å². The van der Waals surface area contributed by atoms with E-state index in [1.807, 2.05) is 31.2 Å². The largest absolute Gasteiger partial charge is 0.390 e. The first-order valence-corrected chi connectivity index (χ1v) is 6.54. The van der Waals surface area contributed by atoms with Gasteiger partial charge in [0.05, 0.1) is 11.7 Å². The quantitative estimate of drug-likeness (QED) is 0.898. The monoisotopic (exact) mass is 254 g/mol. The molecule has 1 heterocycles. The Kier molecular flexibility index (Phi) is 4.08. The van der Waals surface area contributed by atoms with E-state index in [2.05, 4.69) is 0 Å². The van der Waals surface area contributed by atoms with Crippen molar-refractivity contribution in [3.8, 4) is 0 Å². The highest BCUT2D eigenvalue weighted by molar-refractivity contribution is 6.30. The van der Waals surface area contributed by atoms with Gasteiger partial charge in [0.2, 0.25) is 0 Å².